The van der Waals surface area contributed by atoms with E-state index in [4.69, 9.17) is 4.42 Å². The molecule has 0 spiro atoms. The number of hydrogen-bond donors (Lipinski definition) is 1. The number of rotatable bonds is 7. The second-order valence-corrected chi connectivity index (χ2v) is 7.12. The van der Waals surface area contributed by atoms with Gasteiger partial charge in [-0.15, -0.1) is 10.2 Å². The van der Waals surface area contributed by atoms with Crippen LogP contribution in [0.15, 0.2) is 52.4 Å². The van der Waals surface area contributed by atoms with Gasteiger partial charge >= 0.3 is 0 Å². The molecule has 2 heterocycles. The van der Waals surface area contributed by atoms with Gasteiger partial charge in [0.2, 0.25) is 5.91 Å². The molecule has 2 aromatic heterocycles. The second kappa shape index (κ2) is 8.75. The highest BCUT2D eigenvalue weighted by Gasteiger charge is 2.15. The molecule has 1 aromatic carbocycles. The van der Waals surface area contributed by atoms with Gasteiger partial charge in [-0.25, -0.2) is 0 Å². The van der Waals surface area contributed by atoms with Crippen molar-refractivity contribution in [3.05, 3.63) is 48.4 Å². The van der Waals surface area contributed by atoms with Crippen LogP contribution in [0.5, 0.6) is 0 Å². The summed E-state index contributed by atoms with van der Waals surface area (Å²) in [6.45, 7) is 2.67. The molecule has 2 amide bonds. The van der Waals surface area contributed by atoms with Crippen LogP contribution in [-0.2, 0) is 11.3 Å². The van der Waals surface area contributed by atoms with Crippen molar-refractivity contribution in [1.29, 1.82) is 0 Å². The van der Waals surface area contributed by atoms with E-state index in [2.05, 4.69) is 15.5 Å². The highest BCUT2D eigenvalue weighted by Crippen LogP contribution is 2.24. The summed E-state index contributed by atoms with van der Waals surface area (Å²) in [5, 5.41) is 11.9. The minimum atomic E-state index is -0.160. The summed E-state index contributed by atoms with van der Waals surface area (Å²) >= 11 is 1.31. The number of furan rings is 1. The first-order chi connectivity index (χ1) is 13.5. The van der Waals surface area contributed by atoms with E-state index in [1.54, 1.807) is 50.9 Å². The third-order valence-corrected chi connectivity index (χ3v) is 4.93. The smallest absolute Gasteiger partial charge is 0.253 e. The molecule has 0 saturated carbocycles. The Hall–Kier alpha value is -3.07. The lowest BCUT2D eigenvalue weighted by Crippen LogP contribution is -2.21. The fourth-order valence-corrected chi connectivity index (χ4v) is 3.37. The van der Waals surface area contributed by atoms with Gasteiger partial charge in [0, 0.05) is 31.9 Å². The summed E-state index contributed by atoms with van der Waals surface area (Å²) in [5.74, 6) is 0.662. The average molecular weight is 399 g/mol. The lowest BCUT2D eigenvalue weighted by atomic mass is 10.2. The highest BCUT2D eigenvalue weighted by molar-refractivity contribution is 7.99. The normalized spacial score (nSPS) is 10.7. The molecule has 0 unspecified atom stereocenters. The van der Waals surface area contributed by atoms with Crippen molar-refractivity contribution in [3.63, 3.8) is 0 Å². The number of anilines is 1. The quantitative estimate of drug-likeness (QED) is 0.614. The van der Waals surface area contributed by atoms with E-state index in [0.717, 1.165) is 5.56 Å². The summed E-state index contributed by atoms with van der Waals surface area (Å²) in [7, 11) is 3.39. The van der Waals surface area contributed by atoms with Crippen molar-refractivity contribution in [2.45, 2.75) is 18.6 Å². The topological polar surface area (TPSA) is 93.3 Å². The Bertz CT molecular complexity index is 949. The molecule has 8 nitrogen and oxygen atoms in total. The molecule has 146 valence electrons. The maximum Gasteiger partial charge on any atom is 0.253 e. The molecule has 28 heavy (non-hydrogen) atoms. The second-order valence-electron chi connectivity index (χ2n) is 6.18. The minimum absolute atomic E-state index is 0.0826. The maximum absolute atomic E-state index is 12.3. The predicted octanol–water partition coefficient (Wildman–Crippen LogP) is 2.99. The summed E-state index contributed by atoms with van der Waals surface area (Å²) in [5.41, 5.74) is 2.05. The molecule has 0 aliphatic carbocycles. The number of benzene rings is 1. The molecule has 0 aliphatic heterocycles. The summed E-state index contributed by atoms with van der Waals surface area (Å²) in [4.78, 5) is 25.7. The molecule has 3 aromatic rings. The van der Waals surface area contributed by atoms with E-state index in [0.29, 0.717) is 28.8 Å². The first kappa shape index (κ1) is 19.7. The van der Waals surface area contributed by atoms with Gasteiger partial charge in [-0.1, -0.05) is 11.8 Å². The van der Waals surface area contributed by atoms with Crippen LogP contribution in [0.4, 0.5) is 5.69 Å². The highest BCUT2D eigenvalue weighted by atomic mass is 32.2. The minimum Gasteiger partial charge on any atom is -0.472 e. The Labute approximate surface area is 166 Å². The average Bonchev–Trinajstić information content (AvgIpc) is 3.35. The van der Waals surface area contributed by atoms with Crippen molar-refractivity contribution in [3.8, 4) is 11.4 Å². The van der Waals surface area contributed by atoms with E-state index in [1.807, 2.05) is 17.6 Å². The van der Waals surface area contributed by atoms with Crippen LogP contribution < -0.4 is 5.32 Å². The zero-order valence-corrected chi connectivity index (χ0v) is 16.7. The van der Waals surface area contributed by atoms with Gasteiger partial charge in [-0.3, -0.25) is 9.59 Å². The summed E-state index contributed by atoms with van der Waals surface area (Å²) < 4.78 is 7.04. The zero-order valence-electron chi connectivity index (χ0n) is 15.9. The fourth-order valence-electron chi connectivity index (χ4n) is 2.57. The van der Waals surface area contributed by atoms with Crippen LogP contribution >= 0.6 is 11.8 Å². The van der Waals surface area contributed by atoms with Gasteiger partial charge in [0.1, 0.15) is 6.26 Å². The summed E-state index contributed by atoms with van der Waals surface area (Å²) in [6.07, 6.45) is 3.20. The number of thioether (sulfide) groups is 1. The van der Waals surface area contributed by atoms with E-state index >= 15 is 0 Å². The number of aromatic nitrogens is 3. The van der Waals surface area contributed by atoms with Crippen LogP contribution in [0.1, 0.15) is 17.3 Å². The van der Waals surface area contributed by atoms with E-state index in [1.165, 1.54) is 16.7 Å². The van der Waals surface area contributed by atoms with Gasteiger partial charge in [0.15, 0.2) is 11.0 Å². The molecule has 0 bridgehead atoms. The van der Waals surface area contributed by atoms with E-state index < -0.39 is 0 Å². The van der Waals surface area contributed by atoms with Crippen molar-refractivity contribution in [2.24, 2.45) is 0 Å². The monoisotopic (exact) mass is 399 g/mol. The Balaban J connectivity index is 1.60. The van der Waals surface area contributed by atoms with Gasteiger partial charge < -0.3 is 19.2 Å². The summed E-state index contributed by atoms with van der Waals surface area (Å²) in [6, 6.07) is 8.63. The molecular weight excluding hydrogens is 378 g/mol. The van der Waals surface area contributed by atoms with E-state index in [-0.39, 0.29) is 17.6 Å². The van der Waals surface area contributed by atoms with Crippen molar-refractivity contribution >= 4 is 29.3 Å². The van der Waals surface area contributed by atoms with Crippen LogP contribution in [0.3, 0.4) is 0 Å². The van der Waals surface area contributed by atoms with Crippen LogP contribution in [0, 0.1) is 0 Å². The number of carbonyl (C=O) groups is 2. The van der Waals surface area contributed by atoms with Crippen LogP contribution in [0.25, 0.3) is 11.4 Å². The Kier molecular flexibility index (Phi) is 6.15. The fraction of sp³-hybridized carbons (Fsp3) is 0.263. The Morgan fingerprint density at radius 2 is 1.93 bits per heavy atom. The van der Waals surface area contributed by atoms with Crippen molar-refractivity contribution in [2.75, 3.05) is 25.2 Å². The molecule has 0 fully saturated rings. The standard InChI is InChI=1S/C19H21N5O3S/c1-4-24-17(14-9-10-27-11-14)21-22-19(24)28-12-16(25)20-15-7-5-13(6-8-15)18(26)23(2)3/h5-11H,4,12H2,1-3H3,(H,20,25). The third-order valence-electron chi connectivity index (χ3n) is 3.97. The number of nitrogens with zero attached hydrogens (tertiary/aromatic N) is 4. The van der Waals surface area contributed by atoms with Crippen molar-refractivity contribution in [1.82, 2.24) is 19.7 Å². The number of hydrogen-bond acceptors (Lipinski definition) is 6. The van der Waals surface area contributed by atoms with Gasteiger partial charge in [0.05, 0.1) is 17.6 Å². The maximum atomic E-state index is 12.3. The Morgan fingerprint density at radius 3 is 2.54 bits per heavy atom. The van der Waals surface area contributed by atoms with Gasteiger partial charge in [-0.2, -0.15) is 0 Å². The largest absolute Gasteiger partial charge is 0.472 e. The van der Waals surface area contributed by atoms with Crippen LogP contribution in [-0.4, -0.2) is 51.3 Å². The first-order valence-electron chi connectivity index (χ1n) is 8.69. The number of amides is 2. The number of carbonyl (C=O) groups excluding carboxylic acids is 2. The van der Waals surface area contributed by atoms with Gasteiger partial charge in [-0.05, 0) is 37.3 Å². The number of nitrogens with one attached hydrogen (secondary N) is 1. The lowest BCUT2D eigenvalue weighted by molar-refractivity contribution is -0.113. The molecule has 3 rings (SSSR count). The molecule has 0 radical (unpaired) electrons. The first-order valence-corrected chi connectivity index (χ1v) is 9.68. The molecule has 9 heteroatoms. The Morgan fingerprint density at radius 1 is 1.18 bits per heavy atom. The molecular formula is C19H21N5O3S. The predicted molar refractivity (Wildman–Crippen MR) is 107 cm³/mol. The SMILES string of the molecule is CCn1c(SCC(=O)Nc2ccc(C(=O)N(C)C)cc2)nnc1-c1ccoc1. The molecule has 1 N–H and O–H groups in total. The molecule has 0 atom stereocenters. The van der Waals surface area contributed by atoms with Crippen molar-refractivity contribution < 1.29 is 14.0 Å². The third kappa shape index (κ3) is 4.42. The lowest BCUT2D eigenvalue weighted by Gasteiger charge is -2.11. The molecule has 0 saturated heterocycles. The molecule has 0 aliphatic rings. The van der Waals surface area contributed by atoms with Crippen LogP contribution in [0.2, 0.25) is 0 Å². The van der Waals surface area contributed by atoms with Gasteiger partial charge in [0.25, 0.3) is 5.91 Å². The zero-order chi connectivity index (χ0) is 20.1. The van der Waals surface area contributed by atoms with E-state index in [9.17, 15) is 9.59 Å².